The standard InChI is InChI=1S/C21H22N2O4/c1-14(19(24)23-21(26)22-17-11-12-17)27-20(25)18-10-6-5-9-16(18)13-15-7-3-2-4-8-15/h2-10,14,17H,11-13H2,1H3,(H2,22,23,24,26). The Bertz CT molecular complexity index is 831. The topological polar surface area (TPSA) is 84.5 Å². The van der Waals surface area contributed by atoms with Crippen LogP contribution in [0.2, 0.25) is 0 Å². The molecule has 0 radical (unpaired) electrons. The van der Waals surface area contributed by atoms with E-state index in [9.17, 15) is 14.4 Å². The minimum absolute atomic E-state index is 0.139. The lowest BCUT2D eigenvalue weighted by Gasteiger charge is -2.15. The predicted molar refractivity (Wildman–Crippen MR) is 100 cm³/mol. The molecule has 140 valence electrons. The molecule has 1 aliphatic rings. The SMILES string of the molecule is CC(OC(=O)c1ccccc1Cc1ccccc1)C(=O)NC(=O)NC1CC1. The third kappa shape index (κ3) is 5.41. The van der Waals surface area contributed by atoms with Gasteiger partial charge in [0.05, 0.1) is 5.56 Å². The minimum Gasteiger partial charge on any atom is -0.449 e. The average molecular weight is 366 g/mol. The van der Waals surface area contributed by atoms with Gasteiger partial charge >= 0.3 is 12.0 Å². The molecule has 1 saturated carbocycles. The van der Waals surface area contributed by atoms with E-state index >= 15 is 0 Å². The average Bonchev–Trinajstić information content (AvgIpc) is 3.46. The number of ether oxygens (including phenoxy) is 1. The fourth-order valence-electron chi connectivity index (χ4n) is 2.63. The number of benzene rings is 2. The number of hydrogen-bond acceptors (Lipinski definition) is 4. The summed E-state index contributed by atoms with van der Waals surface area (Å²) >= 11 is 0. The summed E-state index contributed by atoms with van der Waals surface area (Å²) in [4.78, 5) is 36.2. The summed E-state index contributed by atoms with van der Waals surface area (Å²) in [5.41, 5.74) is 2.29. The molecule has 1 fully saturated rings. The van der Waals surface area contributed by atoms with Crippen molar-refractivity contribution in [3.63, 3.8) is 0 Å². The minimum atomic E-state index is -1.08. The number of amides is 3. The van der Waals surface area contributed by atoms with Crippen LogP contribution in [0.1, 0.15) is 41.3 Å². The fourth-order valence-corrected chi connectivity index (χ4v) is 2.63. The van der Waals surface area contributed by atoms with Gasteiger partial charge in [-0.05, 0) is 43.4 Å². The quantitative estimate of drug-likeness (QED) is 0.770. The molecule has 0 aliphatic heterocycles. The van der Waals surface area contributed by atoms with E-state index in [0.29, 0.717) is 12.0 Å². The van der Waals surface area contributed by atoms with Crippen molar-refractivity contribution in [3.8, 4) is 0 Å². The Morgan fingerprint density at radius 2 is 1.70 bits per heavy atom. The van der Waals surface area contributed by atoms with E-state index < -0.39 is 24.0 Å². The van der Waals surface area contributed by atoms with E-state index in [1.165, 1.54) is 6.92 Å². The van der Waals surface area contributed by atoms with E-state index in [-0.39, 0.29) is 6.04 Å². The first kappa shape index (κ1) is 18.6. The Labute approximate surface area is 157 Å². The summed E-state index contributed by atoms with van der Waals surface area (Å²) in [5, 5.41) is 4.85. The van der Waals surface area contributed by atoms with Gasteiger partial charge in [0, 0.05) is 6.04 Å². The zero-order valence-corrected chi connectivity index (χ0v) is 15.1. The van der Waals surface area contributed by atoms with Crippen LogP contribution in [0.15, 0.2) is 54.6 Å². The van der Waals surface area contributed by atoms with Gasteiger partial charge in [0.25, 0.3) is 5.91 Å². The van der Waals surface area contributed by atoms with Gasteiger partial charge in [-0.25, -0.2) is 9.59 Å². The second kappa shape index (κ2) is 8.49. The monoisotopic (exact) mass is 366 g/mol. The van der Waals surface area contributed by atoms with Gasteiger partial charge in [0.2, 0.25) is 0 Å². The molecule has 0 aromatic heterocycles. The summed E-state index contributed by atoms with van der Waals surface area (Å²) in [5.74, 6) is -1.24. The molecule has 0 spiro atoms. The van der Waals surface area contributed by atoms with Crippen molar-refractivity contribution < 1.29 is 19.1 Å². The maximum absolute atomic E-state index is 12.5. The highest BCUT2D eigenvalue weighted by Gasteiger charge is 2.26. The van der Waals surface area contributed by atoms with Gasteiger partial charge in [-0.1, -0.05) is 48.5 Å². The summed E-state index contributed by atoms with van der Waals surface area (Å²) in [6.45, 7) is 1.44. The molecule has 1 atom stereocenters. The van der Waals surface area contributed by atoms with Crippen LogP contribution in [-0.4, -0.2) is 30.1 Å². The lowest BCUT2D eigenvalue weighted by atomic mass is 10.00. The molecule has 3 amide bonds. The molecule has 0 heterocycles. The Hall–Kier alpha value is -3.15. The maximum atomic E-state index is 12.5. The molecule has 2 aromatic carbocycles. The van der Waals surface area contributed by atoms with Crippen molar-refractivity contribution in [2.75, 3.05) is 0 Å². The van der Waals surface area contributed by atoms with Crippen LogP contribution in [0.5, 0.6) is 0 Å². The van der Waals surface area contributed by atoms with Crippen LogP contribution in [0.4, 0.5) is 4.79 Å². The van der Waals surface area contributed by atoms with Gasteiger partial charge in [0.15, 0.2) is 6.10 Å². The Kier molecular flexibility index (Phi) is 5.86. The number of hydrogen-bond donors (Lipinski definition) is 2. The number of carbonyl (C=O) groups is 3. The van der Waals surface area contributed by atoms with Gasteiger partial charge in [0.1, 0.15) is 0 Å². The molecule has 2 aromatic rings. The van der Waals surface area contributed by atoms with E-state index in [4.69, 9.17) is 4.74 Å². The van der Waals surface area contributed by atoms with E-state index in [2.05, 4.69) is 10.6 Å². The van der Waals surface area contributed by atoms with Gasteiger partial charge in [-0.3, -0.25) is 10.1 Å². The summed E-state index contributed by atoms with van der Waals surface area (Å²) in [7, 11) is 0. The fraction of sp³-hybridized carbons (Fsp3) is 0.286. The lowest BCUT2D eigenvalue weighted by Crippen LogP contribution is -2.45. The predicted octanol–water partition coefficient (Wildman–Crippen LogP) is 2.81. The number of rotatable bonds is 6. The van der Waals surface area contributed by atoms with Crippen LogP contribution in [0.25, 0.3) is 0 Å². The third-order valence-electron chi connectivity index (χ3n) is 4.28. The van der Waals surface area contributed by atoms with Crippen molar-refractivity contribution in [2.45, 2.75) is 38.3 Å². The largest absolute Gasteiger partial charge is 0.449 e. The number of carbonyl (C=O) groups excluding carboxylic acids is 3. The van der Waals surface area contributed by atoms with E-state index in [1.54, 1.807) is 12.1 Å². The Morgan fingerprint density at radius 1 is 1.04 bits per heavy atom. The molecule has 6 heteroatoms. The van der Waals surface area contributed by atoms with Gasteiger partial charge in [-0.2, -0.15) is 0 Å². The van der Waals surface area contributed by atoms with Crippen molar-refractivity contribution in [1.29, 1.82) is 0 Å². The first-order valence-electron chi connectivity index (χ1n) is 8.97. The number of nitrogens with one attached hydrogen (secondary N) is 2. The Balaban J connectivity index is 1.61. The van der Waals surface area contributed by atoms with Crippen LogP contribution >= 0.6 is 0 Å². The molecule has 0 bridgehead atoms. The van der Waals surface area contributed by atoms with Crippen molar-refractivity contribution in [2.24, 2.45) is 0 Å². The molecule has 1 unspecified atom stereocenters. The second-order valence-corrected chi connectivity index (χ2v) is 6.60. The molecule has 1 aliphatic carbocycles. The summed E-state index contributed by atoms with van der Waals surface area (Å²) in [6, 6.07) is 16.5. The zero-order chi connectivity index (χ0) is 19.2. The third-order valence-corrected chi connectivity index (χ3v) is 4.28. The second-order valence-electron chi connectivity index (χ2n) is 6.60. The first-order chi connectivity index (χ1) is 13.0. The highest BCUT2D eigenvalue weighted by atomic mass is 16.5. The van der Waals surface area contributed by atoms with E-state index in [0.717, 1.165) is 24.0 Å². The highest BCUT2D eigenvalue weighted by molar-refractivity contribution is 5.99. The van der Waals surface area contributed by atoms with Crippen LogP contribution in [0, 0.1) is 0 Å². The molecule has 2 N–H and O–H groups in total. The lowest BCUT2D eigenvalue weighted by molar-refractivity contribution is -0.127. The smallest absolute Gasteiger partial charge is 0.339 e. The molecule has 3 rings (SSSR count). The van der Waals surface area contributed by atoms with Crippen LogP contribution < -0.4 is 10.6 Å². The molecular formula is C21H22N2O4. The maximum Gasteiger partial charge on any atom is 0.339 e. The summed E-state index contributed by atoms with van der Waals surface area (Å²) < 4.78 is 5.27. The summed E-state index contributed by atoms with van der Waals surface area (Å²) in [6.07, 6.45) is 1.35. The number of urea groups is 1. The van der Waals surface area contributed by atoms with Crippen LogP contribution in [0.3, 0.4) is 0 Å². The number of esters is 1. The zero-order valence-electron chi connectivity index (χ0n) is 15.1. The molecule has 0 saturated heterocycles. The van der Waals surface area contributed by atoms with Crippen molar-refractivity contribution in [3.05, 3.63) is 71.3 Å². The van der Waals surface area contributed by atoms with Gasteiger partial charge in [-0.15, -0.1) is 0 Å². The first-order valence-corrected chi connectivity index (χ1v) is 8.97. The van der Waals surface area contributed by atoms with Crippen molar-refractivity contribution in [1.82, 2.24) is 10.6 Å². The number of imide groups is 1. The van der Waals surface area contributed by atoms with Crippen LogP contribution in [-0.2, 0) is 16.0 Å². The van der Waals surface area contributed by atoms with E-state index in [1.807, 2.05) is 42.5 Å². The molecule has 27 heavy (non-hydrogen) atoms. The van der Waals surface area contributed by atoms with Gasteiger partial charge < -0.3 is 10.1 Å². The highest BCUT2D eigenvalue weighted by Crippen LogP contribution is 2.18. The molecule has 6 nitrogen and oxygen atoms in total. The Morgan fingerprint density at radius 3 is 2.41 bits per heavy atom. The normalized spacial score (nSPS) is 14.1. The molecular weight excluding hydrogens is 344 g/mol. The van der Waals surface area contributed by atoms with Crippen molar-refractivity contribution >= 4 is 17.9 Å².